The molecule has 2 aromatic carbocycles. The van der Waals surface area contributed by atoms with Crippen molar-refractivity contribution in [1.82, 2.24) is 20.3 Å². The molecule has 0 saturated heterocycles. The fourth-order valence-electron chi connectivity index (χ4n) is 2.69. The fraction of sp³-hybridized carbons (Fsp3) is 0.143. The van der Waals surface area contributed by atoms with Gasteiger partial charge < -0.3 is 10.1 Å². The van der Waals surface area contributed by atoms with Gasteiger partial charge in [0.25, 0.3) is 0 Å². The molecule has 0 atom stereocenters. The number of aromatic nitrogens is 3. The Bertz CT molecular complexity index is 1100. The first-order valence-corrected chi connectivity index (χ1v) is 10.7. The number of amides is 1. The number of rotatable bonds is 7. The molecule has 4 aromatic rings. The second-order valence-electron chi connectivity index (χ2n) is 6.14. The zero-order valence-corrected chi connectivity index (χ0v) is 17.3. The van der Waals surface area contributed by atoms with Crippen LogP contribution in [0, 0.1) is 0 Å². The Hall–Kier alpha value is -2.97. The summed E-state index contributed by atoms with van der Waals surface area (Å²) >= 11 is 3.04. The fourth-order valence-corrected chi connectivity index (χ4v) is 4.59. The number of carbonyl (C=O) groups is 1. The molecule has 8 heteroatoms. The van der Waals surface area contributed by atoms with Gasteiger partial charge in [-0.15, -0.1) is 11.3 Å². The molecule has 0 radical (unpaired) electrons. The van der Waals surface area contributed by atoms with Crippen LogP contribution < -0.4 is 10.1 Å². The lowest BCUT2D eigenvalue weighted by Crippen LogP contribution is -2.25. The summed E-state index contributed by atoms with van der Waals surface area (Å²) < 4.78 is 7.20. The number of hydrogen-bond donors (Lipinski definition) is 1. The number of thiazole rings is 1. The van der Waals surface area contributed by atoms with E-state index in [0.29, 0.717) is 12.3 Å². The summed E-state index contributed by atoms with van der Waals surface area (Å²) in [6, 6.07) is 17.5. The van der Waals surface area contributed by atoms with Gasteiger partial charge in [0.2, 0.25) is 5.91 Å². The number of nitrogens with one attached hydrogen (secondary N) is 1. The maximum absolute atomic E-state index is 12.2. The molecule has 0 fully saturated rings. The maximum Gasteiger partial charge on any atom is 0.230 e. The van der Waals surface area contributed by atoms with Gasteiger partial charge in [-0.3, -0.25) is 4.79 Å². The number of nitrogens with zero attached hydrogens (tertiary/aromatic N) is 3. The minimum Gasteiger partial charge on any atom is -0.497 e. The summed E-state index contributed by atoms with van der Waals surface area (Å²) in [5.41, 5.74) is 3.49. The topological polar surface area (TPSA) is 77.0 Å². The molecule has 1 amide bonds. The predicted molar refractivity (Wildman–Crippen MR) is 116 cm³/mol. The lowest BCUT2D eigenvalue weighted by molar-refractivity contribution is -0.118. The highest BCUT2D eigenvalue weighted by molar-refractivity contribution is 8.01. The number of para-hydroxylation sites is 1. The number of fused-ring (bicyclic) bond motifs is 1. The zero-order valence-electron chi connectivity index (χ0n) is 15.7. The van der Waals surface area contributed by atoms with Gasteiger partial charge in [0, 0.05) is 5.56 Å². The molecule has 0 aliphatic carbocycles. The first kappa shape index (κ1) is 19.4. The van der Waals surface area contributed by atoms with Crippen molar-refractivity contribution in [2.24, 2.45) is 0 Å². The van der Waals surface area contributed by atoms with E-state index >= 15 is 0 Å². The van der Waals surface area contributed by atoms with Crippen LogP contribution in [0.15, 0.2) is 65.3 Å². The molecule has 29 heavy (non-hydrogen) atoms. The van der Waals surface area contributed by atoms with Gasteiger partial charge in [-0.25, -0.2) is 15.0 Å². The van der Waals surface area contributed by atoms with E-state index in [4.69, 9.17) is 4.74 Å². The Morgan fingerprint density at radius 1 is 1.14 bits per heavy atom. The van der Waals surface area contributed by atoms with Gasteiger partial charge in [0.05, 0.1) is 41.0 Å². The van der Waals surface area contributed by atoms with Crippen molar-refractivity contribution in [3.05, 3.63) is 66.6 Å². The second kappa shape index (κ2) is 9.02. The second-order valence-corrected chi connectivity index (χ2v) is 8.39. The molecule has 0 saturated carbocycles. The van der Waals surface area contributed by atoms with Crippen molar-refractivity contribution in [1.29, 1.82) is 0 Å². The van der Waals surface area contributed by atoms with Crippen molar-refractivity contribution in [3.8, 4) is 17.0 Å². The van der Waals surface area contributed by atoms with E-state index in [9.17, 15) is 4.79 Å². The molecule has 2 aromatic heterocycles. The molecule has 146 valence electrons. The smallest absolute Gasteiger partial charge is 0.230 e. The van der Waals surface area contributed by atoms with E-state index in [0.717, 1.165) is 37.3 Å². The number of methoxy groups -OCH3 is 1. The summed E-state index contributed by atoms with van der Waals surface area (Å²) in [5, 5.41) is 2.91. The van der Waals surface area contributed by atoms with Crippen LogP contribution in [-0.4, -0.2) is 33.7 Å². The standard InChI is InChI=1S/C21H18N4O2S2/c1-27-16-8-6-14(7-9-16)18-10-15(23-13-24-18)11-22-20(26)12-28-21-25-17-4-2-3-5-19(17)29-21/h2-10,13H,11-12H2,1H3,(H,22,26). The number of carbonyl (C=O) groups excluding carboxylic acids is 1. The Morgan fingerprint density at radius 3 is 2.76 bits per heavy atom. The highest BCUT2D eigenvalue weighted by atomic mass is 32.2. The minimum absolute atomic E-state index is 0.0566. The van der Waals surface area contributed by atoms with Gasteiger partial charge in [0.15, 0.2) is 4.34 Å². The summed E-state index contributed by atoms with van der Waals surface area (Å²) in [6.45, 7) is 0.352. The summed E-state index contributed by atoms with van der Waals surface area (Å²) in [7, 11) is 1.63. The van der Waals surface area contributed by atoms with Crippen molar-refractivity contribution in [3.63, 3.8) is 0 Å². The SMILES string of the molecule is COc1ccc(-c2cc(CNC(=O)CSc3nc4ccccc4s3)ncn2)cc1. The van der Waals surface area contributed by atoms with E-state index in [-0.39, 0.29) is 5.91 Å². The van der Waals surface area contributed by atoms with Crippen molar-refractivity contribution >= 4 is 39.2 Å². The Kier molecular flexibility index (Phi) is 6.02. The average Bonchev–Trinajstić information content (AvgIpc) is 3.19. The summed E-state index contributed by atoms with van der Waals surface area (Å²) in [6.07, 6.45) is 1.51. The molecule has 6 nitrogen and oxygen atoms in total. The highest BCUT2D eigenvalue weighted by Crippen LogP contribution is 2.29. The Balaban J connectivity index is 1.32. The molecule has 0 aliphatic rings. The number of benzene rings is 2. The average molecular weight is 423 g/mol. The van der Waals surface area contributed by atoms with Crippen molar-refractivity contribution in [2.75, 3.05) is 12.9 Å². The van der Waals surface area contributed by atoms with Crippen LogP contribution in [-0.2, 0) is 11.3 Å². The van der Waals surface area contributed by atoms with Crippen LogP contribution in [0.3, 0.4) is 0 Å². The van der Waals surface area contributed by atoms with E-state index in [1.807, 2.05) is 54.6 Å². The minimum atomic E-state index is -0.0566. The van der Waals surface area contributed by atoms with Crippen LogP contribution in [0.5, 0.6) is 5.75 Å². The highest BCUT2D eigenvalue weighted by Gasteiger charge is 2.09. The van der Waals surface area contributed by atoms with E-state index in [1.165, 1.54) is 18.1 Å². The Morgan fingerprint density at radius 2 is 1.97 bits per heavy atom. The third kappa shape index (κ3) is 4.90. The third-order valence-electron chi connectivity index (χ3n) is 4.18. The van der Waals surface area contributed by atoms with E-state index < -0.39 is 0 Å². The van der Waals surface area contributed by atoms with Crippen LogP contribution in [0.25, 0.3) is 21.5 Å². The lowest BCUT2D eigenvalue weighted by Gasteiger charge is -2.06. The van der Waals surface area contributed by atoms with Crippen LogP contribution in [0.4, 0.5) is 0 Å². The summed E-state index contributed by atoms with van der Waals surface area (Å²) in [5.74, 6) is 1.05. The predicted octanol–water partition coefficient (Wildman–Crippen LogP) is 4.17. The zero-order chi connectivity index (χ0) is 20.1. The molecule has 0 aliphatic heterocycles. The van der Waals surface area contributed by atoms with E-state index in [2.05, 4.69) is 20.3 Å². The number of thioether (sulfide) groups is 1. The van der Waals surface area contributed by atoms with Gasteiger partial charge in [-0.2, -0.15) is 0 Å². The molecule has 0 bridgehead atoms. The summed E-state index contributed by atoms with van der Waals surface area (Å²) in [4.78, 5) is 25.3. The normalized spacial score (nSPS) is 10.8. The van der Waals surface area contributed by atoms with Gasteiger partial charge in [-0.05, 0) is 42.5 Å². The molecule has 0 spiro atoms. The third-order valence-corrected chi connectivity index (χ3v) is 6.36. The number of ether oxygens (including phenoxy) is 1. The van der Waals surface area contributed by atoms with Crippen LogP contribution >= 0.6 is 23.1 Å². The molecular formula is C21H18N4O2S2. The molecule has 1 N–H and O–H groups in total. The molecule has 4 rings (SSSR count). The first-order chi connectivity index (χ1) is 14.2. The molecular weight excluding hydrogens is 404 g/mol. The van der Waals surface area contributed by atoms with Gasteiger partial charge >= 0.3 is 0 Å². The maximum atomic E-state index is 12.2. The van der Waals surface area contributed by atoms with Gasteiger partial charge in [0.1, 0.15) is 12.1 Å². The quantitative estimate of drug-likeness (QED) is 0.451. The first-order valence-electron chi connectivity index (χ1n) is 8.92. The largest absolute Gasteiger partial charge is 0.497 e. The number of hydrogen-bond acceptors (Lipinski definition) is 7. The molecule has 2 heterocycles. The van der Waals surface area contributed by atoms with Crippen molar-refractivity contribution in [2.45, 2.75) is 10.9 Å². The van der Waals surface area contributed by atoms with Crippen molar-refractivity contribution < 1.29 is 9.53 Å². The lowest BCUT2D eigenvalue weighted by atomic mass is 10.1. The Labute approximate surface area is 176 Å². The van der Waals surface area contributed by atoms with Crippen LogP contribution in [0.2, 0.25) is 0 Å². The monoisotopic (exact) mass is 422 g/mol. The molecule has 0 unspecified atom stereocenters. The van der Waals surface area contributed by atoms with Gasteiger partial charge in [-0.1, -0.05) is 23.9 Å². The van der Waals surface area contributed by atoms with Crippen LogP contribution in [0.1, 0.15) is 5.69 Å². The van der Waals surface area contributed by atoms with E-state index in [1.54, 1.807) is 18.4 Å².